The first-order valence-corrected chi connectivity index (χ1v) is 7.55. The van der Waals surface area contributed by atoms with Gasteiger partial charge in [-0.05, 0) is 38.0 Å². The zero-order valence-corrected chi connectivity index (χ0v) is 11.6. The largest absolute Gasteiger partial charge is 0.390 e. The van der Waals surface area contributed by atoms with Crippen molar-refractivity contribution < 1.29 is 13.5 Å². The lowest BCUT2D eigenvalue weighted by molar-refractivity contribution is 0.0772. The normalized spacial score (nSPS) is 12.7. The van der Waals surface area contributed by atoms with Crippen LogP contribution in [0.1, 0.15) is 25.8 Å². The van der Waals surface area contributed by atoms with Crippen molar-refractivity contribution in [1.82, 2.24) is 0 Å². The Morgan fingerprint density at radius 3 is 2.24 bits per heavy atom. The van der Waals surface area contributed by atoms with E-state index in [9.17, 15) is 13.5 Å². The molecule has 0 unspecified atom stereocenters. The van der Waals surface area contributed by atoms with Crippen LogP contribution < -0.4 is 0 Å². The molecular formula is C12H17ClO3S. The fraction of sp³-hybridized carbons (Fsp3) is 0.500. The number of sulfone groups is 1. The molecule has 5 heteroatoms. The van der Waals surface area contributed by atoms with Crippen LogP contribution in [0, 0.1) is 0 Å². The summed E-state index contributed by atoms with van der Waals surface area (Å²) in [6.07, 6.45) is 0.239. The lowest BCUT2D eigenvalue weighted by Gasteiger charge is -2.16. The average Bonchev–Trinajstić information content (AvgIpc) is 2.18. The number of rotatable bonds is 5. The molecule has 0 aliphatic carbocycles. The van der Waals surface area contributed by atoms with Gasteiger partial charge in [0.05, 0.1) is 17.1 Å². The van der Waals surface area contributed by atoms with Gasteiger partial charge >= 0.3 is 0 Å². The molecule has 96 valence electrons. The Balaban J connectivity index is 2.64. The van der Waals surface area contributed by atoms with Crippen molar-refractivity contribution in [1.29, 1.82) is 0 Å². The lowest BCUT2D eigenvalue weighted by atomic mass is 10.1. The summed E-state index contributed by atoms with van der Waals surface area (Å²) in [7, 11) is -3.18. The van der Waals surface area contributed by atoms with E-state index in [-0.39, 0.29) is 17.9 Å². The molecule has 1 aromatic rings. The third-order valence-electron chi connectivity index (χ3n) is 2.32. The molecule has 0 radical (unpaired) electrons. The molecule has 1 rings (SSSR count). The number of hydrogen-bond donors (Lipinski definition) is 1. The van der Waals surface area contributed by atoms with Crippen molar-refractivity contribution in [2.75, 3.05) is 5.75 Å². The second kappa shape index (κ2) is 5.38. The Bertz CT molecular complexity index is 458. The van der Waals surface area contributed by atoms with E-state index < -0.39 is 15.4 Å². The fourth-order valence-electron chi connectivity index (χ4n) is 1.31. The molecule has 0 atom stereocenters. The Labute approximate surface area is 107 Å². The summed E-state index contributed by atoms with van der Waals surface area (Å²) in [5.41, 5.74) is -0.238. The third-order valence-corrected chi connectivity index (χ3v) is 4.18. The van der Waals surface area contributed by atoms with E-state index in [0.717, 1.165) is 0 Å². The molecule has 0 aliphatic rings. The molecule has 0 saturated heterocycles. The summed E-state index contributed by atoms with van der Waals surface area (Å²) in [5.74, 6) is -0.0284. The van der Waals surface area contributed by atoms with Crippen LogP contribution in [0.25, 0.3) is 0 Å². The smallest absolute Gasteiger partial charge is 0.154 e. The number of benzene rings is 1. The van der Waals surface area contributed by atoms with Crippen LogP contribution in [0.5, 0.6) is 0 Å². The number of hydrogen-bond acceptors (Lipinski definition) is 3. The van der Waals surface area contributed by atoms with Crippen LogP contribution in [-0.2, 0) is 15.6 Å². The van der Waals surface area contributed by atoms with Crippen molar-refractivity contribution in [3.8, 4) is 0 Å². The SMILES string of the molecule is CC(C)(O)CCS(=O)(=O)Cc1ccc(Cl)cc1. The molecule has 0 fully saturated rings. The van der Waals surface area contributed by atoms with Crippen molar-refractivity contribution in [2.24, 2.45) is 0 Å². The monoisotopic (exact) mass is 276 g/mol. The first kappa shape index (κ1) is 14.5. The van der Waals surface area contributed by atoms with Gasteiger partial charge in [0.25, 0.3) is 0 Å². The number of aliphatic hydroxyl groups is 1. The highest BCUT2D eigenvalue weighted by molar-refractivity contribution is 7.90. The maximum absolute atomic E-state index is 11.8. The van der Waals surface area contributed by atoms with Gasteiger partial charge in [0.1, 0.15) is 0 Å². The Hall–Kier alpha value is -0.580. The number of halogens is 1. The van der Waals surface area contributed by atoms with Gasteiger partial charge in [-0.25, -0.2) is 8.42 Å². The molecule has 0 heterocycles. The lowest BCUT2D eigenvalue weighted by Crippen LogP contribution is -2.23. The van der Waals surface area contributed by atoms with Crippen LogP contribution >= 0.6 is 11.6 Å². The predicted octanol–water partition coefficient (Wildman–Crippen LogP) is 2.42. The van der Waals surface area contributed by atoms with E-state index in [1.807, 2.05) is 0 Å². The zero-order chi connectivity index (χ0) is 13.1. The molecule has 0 spiro atoms. The molecule has 0 saturated carbocycles. The van der Waals surface area contributed by atoms with Gasteiger partial charge in [-0.1, -0.05) is 23.7 Å². The molecule has 0 amide bonds. The molecule has 0 bridgehead atoms. The van der Waals surface area contributed by atoms with E-state index in [0.29, 0.717) is 10.6 Å². The molecule has 0 aromatic heterocycles. The van der Waals surface area contributed by atoms with Gasteiger partial charge in [-0.2, -0.15) is 0 Å². The second-order valence-electron chi connectivity index (χ2n) is 4.78. The van der Waals surface area contributed by atoms with Crippen LogP contribution in [0.15, 0.2) is 24.3 Å². The fourth-order valence-corrected chi connectivity index (χ4v) is 3.09. The van der Waals surface area contributed by atoms with Gasteiger partial charge in [0.2, 0.25) is 0 Å². The Morgan fingerprint density at radius 1 is 1.24 bits per heavy atom. The molecule has 0 aliphatic heterocycles. The maximum Gasteiger partial charge on any atom is 0.154 e. The van der Waals surface area contributed by atoms with Crippen LogP contribution in [0.3, 0.4) is 0 Å². The van der Waals surface area contributed by atoms with Gasteiger partial charge in [-0.15, -0.1) is 0 Å². The van der Waals surface area contributed by atoms with Crippen LogP contribution in [0.2, 0.25) is 5.02 Å². The van der Waals surface area contributed by atoms with Gasteiger partial charge in [-0.3, -0.25) is 0 Å². The highest BCUT2D eigenvalue weighted by Crippen LogP contribution is 2.15. The molecule has 3 nitrogen and oxygen atoms in total. The first-order valence-electron chi connectivity index (χ1n) is 5.35. The van der Waals surface area contributed by atoms with Gasteiger partial charge in [0, 0.05) is 5.02 Å². The minimum atomic E-state index is -3.18. The van der Waals surface area contributed by atoms with Crippen molar-refractivity contribution in [2.45, 2.75) is 31.6 Å². The molecule has 1 aromatic carbocycles. The van der Waals surface area contributed by atoms with E-state index in [4.69, 9.17) is 11.6 Å². The molecular weight excluding hydrogens is 260 g/mol. The highest BCUT2D eigenvalue weighted by Gasteiger charge is 2.19. The van der Waals surface area contributed by atoms with Gasteiger partial charge in [0.15, 0.2) is 9.84 Å². The summed E-state index contributed by atoms with van der Waals surface area (Å²) in [4.78, 5) is 0. The predicted molar refractivity (Wildman–Crippen MR) is 69.9 cm³/mol. The highest BCUT2D eigenvalue weighted by atomic mass is 35.5. The van der Waals surface area contributed by atoms with Gasteiger partial charge < -0.3 is 5.11 Å². The zero-order valence-electron chi connectivity index (χ0n) is 9.98. The summed E-state index contributed by atoms with van der Waals surface area (Å²) >= 11 is 5.72. The van der Waals surface area contributed by atoms with Crippen molar-refractivity contribution in [3.05, 3.63) is 34.9 Å². The summed E-state index contributed by atoms with van der Waals surface area (Å²) in [5, 5.41) is 10.1. The first-order chi connectivity index (χ1) is 7.68. The van der Waals surface area contributed by atoms with E-state index in [1.165, 1.54) is 0 Å². The van der Waals surface area contributed by atoms with Crippen molar-refractivity contribution >= 4 is 21.4 Å². The topological polar surface area (TPSA) is 54.4 Å². The third kappa shape index (κ3) is 6.05. The van der Waals surface area contributed by atoms with E-state index in [2.05, 4.69) is 0 Å². The van der Waals surface area contributed by atoms with Crippen LogP contribution in [0.4, 0.5) is 0 Å². The minimum Gasteiger partial charge on any atom is -0.390 e. The second-order valence-corrected chi connectivity index (χ2v) is 7.40. The summed E-state index contributed by atoms with van der Waals surface area (Å²) in [6, 6.07) is 6.73. The Morgan fingerprint density at radius 2 is 1.76 bits per heavy atom. The van der Waals surface area contributed by atoms with E-state index >= 15 is 0 Å². The average molecular weight is 277 g/mol. The summed E-state index contributed by atoms with van der Waals surface area (Å²) in [6.45, 7) is 3.20. The summed E-state index contributed by atoms with van der Waals surface area (Å²) < 4.78 is 23.6. The standard InChI is InChI=1S/C12H17ClO3S/c1-12(2,14)7-8-17(15,16)9-10-3-5-11(13)6-4-10/h3-6,14H,7-9H2,1-2H3. The quantitative estimate of drug-likeness (QED) is 0.899. The van der Waals surface area contributed by atoms with E-state index in [1.54, 1.807) is 38.1 Å². The Kier molecular flexibility index (Phi) is 4.58. The maximum atomic E-state index is 11.8. The minimum absolute atomic E-state index is 0.0136. The van der Waals surface area contributed by atoms with Crippen molar-refractivity contribution in [3.63, 3.8) is 0 Å². The van der Waals surface area contributed by atoms with Crippen LogP contribution in [-0.4, -0.2) is 24.9 Å². The molecule has 1 N–H and O–H groups in total. The molecule has 17 heavy (non-hydrogen) atoms.